The molecule has 5 aromatic heterocycles. The summed E-state index contributed by atoms with van der Waals surface area (Å²) in [7, 11) is 0. The maximum Gasteiger partial charge on any atom is 0.225 e. The van der Waals surface area contributed by atoms with Crippen LogP contribution in [-0.4, -0.2) is 87.2 Å². The van der Waals surface area contributed by atoms with Gasteiger partial charge in [0, 0.05) is 62.3 Å². The van der Waals surface area contributed by atoms with E-state index in [1.54, 1.807) is 18.6 Å². The summed E-state index contributed by atoms with van der Waals surface area (Å²) in [6.45, 7) is 8.30. The zero-order chi connectivity index (χ0) is 26.7. The van der Waals surface area contributed by atoms with Crippen molar-refractivity contribution in [1.82, 2.24) is 54.4 Å². The van der Waals surface area contributed by atoms with Crippen LogP contribution >= 0.6 is 0 Å². The number of fused-ring (bicyclic) bond motifs is 4. The molecule has 0 unspecified atom stereocenters. The van der Waals surface area contributed by atoms with Crippen LogP contribution in [0.25, 0.3) is 39.1 Å². The summed E-state index contributed by atoms with van der Waals surface area (Å²) < 4.78 is 18.2. The van der Waals surface area contributed by atoms with Gasteiger partial charge in [-0.2, -0.15) is 19.7 Å². The molecular formula is C25H26FN13. The van der Waals surface area contributed by atoms with Crippen LogP contribution in [0.15, 0.2) is 30.7 Å². The minimum atomic E-state index is -0.244. The molecule has 13 nitrogen and oxygen atoms in total. The lowest BCUT2D eigenvalue weighted by Crippen LogP contribution is -2.47. The van der Waals surface area contributed by atoms with E-state index >= 15 is 0 Å². The van der Waals surface area contributed by atoms with Crippen LogP contribution in [-0.2, 0) is 6.54 Å². The Bertz CT molecular complexity index is 1840. The molecule has 0 amide bonds. The number of nitrogens with one attached hydrogen (secondary N) is 1. The van der Waals surface area contributed by atoms with Gasteiger partial charge >= 0.3 is 0 Å². The van der Waals surface area contributed by atoms with E-state index in [2.05, 4.69) is 50.1 Å². The Morgan fingerprint density at radius 3 is 2.62 bits per heavy atom. The number of piperazine rings is 1. The molecule has 3 N–H and O–H groups in total. The number of hydrogen-bond donors (Lipinski definition) is 2. The van der Waals surface area contributed by atoms with Crippen LogP contribution < -0.4 is 10.6 Å². The van der Waals surface area contributed by atoms with E-state index in [-0.39, 0.29) is 11.8 Å². The Kier molecular flexibility index (Phi) is 5.36. The molecule has 0 atom stereocenters. The highest BCUT2D eigenvalue weighted by Gasteiger charge is 2.22. The molecule has 0 aliphatic carbocycles. The minimum absolute atomic E-state index is 0.222. The van der Waals surface area contributed by atoms with Gasteiger partial charge in [-0.1, -0.05) is 0 Å². The first-order chi connectivity index (χ1) is 19.0. The highest BCUT2D eigenvalue weighted by Crippen LogP contribution is 2.28. The van der Waals surface area contributed by atoms with Gasteiger partial charge in [-0.3, -0.25) is 15.0 Å². The molecule has 1 aliphatic heterocycles. The van der Waals surface area contributed by atoms with E-state index < -0.39 is 0 Å². The van der Waals surface area contributed by atoms with Crippen LogP contribution in [0.3, 0.4) is 0 Å². The van der Waals surface area contributed by atoms with E-state index in [9.17, 15) is 4.39 Å². The van der Waals surface area contributed by atoms with Crippen molar-refractivity contribution < 1.29 is 4.39 Å². The second-order valence-electron chi connectivity index (χ2n) is 9.73. The number of benzene rings is 1. The summed E-state index contributed by atoms with van der Waals surface area (Å²) in [6, 6.07) is 3.40. The number of aromatic amines is 1. The number of rotatable bonds is 5. The zero-order valence-corrected chi connectivity index (χ0v) is 21.5. The van der Waals surface area contributed by atoms with Gasteiger partial charge in [0.25, 0.3) is 0 Å². The molecule has 1 aliphatic rings. The second-order valence-corrected chi connectivity index (χ2v) is 9.73. The van der Waals surface area contributed by atoms with Crippen LogP contribution in [0, 0.1) is 19.7 Å². The molecule has 14 heteroatoms. The summed E-state index contributed by atoms with van der Waals surface area (Å²) in [5.74, 6) is 0.414. The topological polar surface area (TPSA) is 148 Å². The van der Waals surface area contributed by atoms with Crippen LogP contribution in [0.1, 0.15) is 11.4 Å². The first-order valence-corrected chi connectivity index (χ1v) is 12.7. The average molecular weight is 528 g/mol. The number of nitrogens with two attached hydrogens (primary N) is 1. The van der Waals surface area contributed by atoms with Gasteiger partial charge in [-0.15, -0.1) is 5.10 Å². The Hall–Kier alpha value is -4.72. The number of nitrogen functional groups attached to an aromatic ring is 1. The zero-order valence-electron chi connectivity index (χ0n) is 21.5. The van der Waals surface area contributed by atoms with Gasteiger partial charge in [-0.25, -0.2) is 19.0 Å². The Morgan fingerprint density at radius 2 is 1.79 bits per heavy atom. The van der Waals surface area contributed by atoms with Gasteiger partial charge in [0.15, 0.2) is 11.3 Å². The largest absolute Gasteiger partial charge is 0.368 e. The normalized spacial score (nSPS) is 14.8. The summed E-state index contributed by atoms with van der Waals surface area (Å²) in [6.07, 6.45) is 4.98. The summed E-state index contributed by atoms with van der Waals surface area (Å²) >= 11 is 0. The fourth-order valence-corrected chi connectivity index (χ4v) is 5.19. The lowest BCUT2D eigenvalue weighted by atomic mass is 10.1. The van der Waals surface area contributed by atoms with Crippen LogP contribution in [0.4, 0.5) is 16.0 Å². The number of halogens is 1. The van der Waals surface area contributed by atoms with Crippen molar-refractivity contribution >= 4 is 39.2 Å². The Labute approximate surface area is 221 Å². The summed E-state index contributed by atoms with van der Waals surface area (Å²) in [5, 5.41) is 17.9. The van der Waals surface area contributed by atoms with Gasteiger partial charge in [0.1, 0.15) is 11.5 Å². The lowest BCUT2D eigenvalue weighted by Gasteiger charge is -2.36. The molecule has 0 bridgehead atoms. The first-order valence-electron chi connectivity index (χ1n) is 12.7. The number of H-pyrrole nitrogens is 1. The number of nitrogens with zero attached hydrogens (tertiary/aromatic N) is 11. The number of anilines is 2. The predicted octanol–water partition coefficient (Wildman–Crippen LogP) is 1.97. The van der Waals surface area contributed by atoms with Gasteiger partial charge < -0.3 is 10.6 Å². The predicted molar refractivity (Wildman–Crippen MR) is 144 cm³/mol. The minimum Gasteiger partial charge on any atom is -0.368 e. The van der Waals surface area contributed by atoms with Crippen LogP contribution in [0.2, 0.25) is 0 Å². The molecule has 0 radical (unpaired) electrons. The molecule has 6 aromatic rings. The van der Waals surface area contributed by atoms with Crippen molar-refractivity contribution in [2.45, 2.75) is 20.4 Å². The summed E-state index contributed by atoms with van der Waals surface area (Å²) in [5.41, 5.74) is 11.0. The lowest BCUT2D eigenvalue weighted by molar-refractivity contribution is 0.245. The van der Waals surface area contributed by atoms with E-state index in [0.29, 0.717) is 40.6 Å². The second kappa shape index (κ2) is 8.94. The first kappa shape index (κ1) is 23.4. The summed E-state index contributed by atoms with van der Waals surface area (Å²) in [4.78, 5) is 22.3. The highest BCUT2D eigenvalue weighted by molar-refractivity contribution is 5.90. The average Bonchev–Trinajstić information content (AvgIpc) is 3.65. The van der Waals surface area contributed by atoms with Crippen molar-refractivity contribution in [2.75, 3.05) is 43.4 Å². The van der Waals surface area contributed by atoms with Gasteiger partial charge in [-0.05, 0) is 19.9 Å². The van der Waals surface area contributed by atoms with Crippen molar-refractivity contribution in [2.24, 2.45) is 0 Å². The molecule has 1 saturated heterocycles. The Morgan fingerprint density at radius 1 is 0.974 bits per heavy atom. The maximum atomic E-state index is 14.8. The standard InChI is InChI=1S/C25H26FN13/c1-14-16-11-20(18(26)12-19(16)34-33-14)37-8-5-36(6-9-37)7-10-38-23-17(13-30-38)24-31-22(35-39(24)25(27)32-23)21-15(2)28-3-4-29-21/h3-4,11-13H,5-10H2,1-2H3,(H2,27,32)(H,33,34). The molecule has 6 heterocycles. The highest BCUT2D eigenvalue weighted by atomic mass is 19.1. The fraction of sp³-hybridized carbons (Fsp3) is 0.320. The van der Waals surface area contributed by atoms with E-state index in [0.717, 1.165) is 54.9 Å². The third kappa shape index (κ3) is 3.91. The van der Waals surface area contributed by atoms with E-state index in [4.69, 9.17) is 5.73 Å². The molecule has 1 aromatic carbocycles. The van der Waals surface area contributed by atoms with E-state index in [1.807, 2.05) is 24.6 Å². The van der Waals surface area contributed by atoms with Crippen LogP contribution in [0.5, 0.6) is 0 Å². The van der Waals surface area contributed by atoms with Crippen molar-refractivity contribution in [3.8, 4) is 11.5 Å². The fourth-order valence-electron chi connectivity index (χ4n) is 5.19. The van der Waals surface area contributed by atoms with Gasteiger partial charge in [0.05, 0.1) is 35.0 Å². The molecule has 198 valence electrons. The number of aryl methyl sites for hydroxylation is 2. The van der Waals surface area contributed by atoms with Crippen molar-refractivity contribution in [3.05, 3.63) is 47.9 Å². The monoisotopic (exact) mass is 527 g/mol. The molecule has 0 spiro atoms. The maximum absolute atomic E-state index is 14.8. The van der Waals surface area contributed by atoms with Crippen molar-refractivity contribution in [1.29, 1.82) is 0 Å². The third-order valence-corrected chi connectivity index (χ3v) is 7.34. The quantitative estimate of drug-likeness (QED) is 0.341. The number of aromatic nitrogens is 10. The number of hydrogen-bond acceptors (Lipinski definition) is 10. The molecule has 7 rings (SSSR count). The van der Waals surface area contributed by atoms with Crippen molar-refractivity contribution in [3.63, 3.8) is 0 Å². The molecule has 39 heavy (non-hydrogen) atoms. The Balaban J connectivity index is 1.07. The van der Waals surface area contributed by atoms with Gasteiger partial charge in [0.2, 0.25) is 11.8 Å². The molecule has 0 saturated carbocycles. The molecule has 1 fully saturated rings. The smallest absolute Gasteiger partial charge is 0.225 e. The SMILES string of the molecule is Cc1nccnc1-c1nc2c3cnn(CCN4CCN(c5cc6c(C)[nH]nc6cc5F)CC4)c3nc(N)n2n1. The van der Waals surface area contributed by atoms with E-state index in [1.165, 1.54) is 10.6 Å². The third-order valence-electron chi connectivity index (χ3n) is 7.34. The molecular weight excluding hydrogens is 501 g/mol.